The third kappa shape index (κ3) is 8.75. The largest absolute Gasteiger partial charge is 0.478 e. The molecule has 0 aliphatic rings. The van der Waals surface area contributed by atoms with Crippen molar-refractivity contribution in [2.75, 3.05) is 0 Å². The van der Waals surface area contributed by atoms with Crippen molar-refractivity contribution in [2.45, 2.75) is 26.2 Å². The molecular formula is C27H22Cl4N2O5. The number of halogens is 4. The zero-order chi connectivity index (χ0) is 27.7. The summed E-state index contributed by atoms with van der Waals surface area (Å²) in [6.07, 6.45) is 5.03. The number of hydrogen-bond acceptors (Lipinski definition) is 5. The molecule has 0 saturated carbocycles. The van der Waals surface area contributed by atoms with Crippen LogP contribution in [0.3, 0.4) is 0 Å². The Morgan fingerprint density at radius 2 is 1.66 bits per heavy atom. The molecule has 0 bridgehead atoms. The monoisotopic (exact) mass is 594 g/mol. The Kier molecular flexibility index (Phi) is 11.0. The number of carboxylic acids is 1. The Morgan fingerprint density at radius 3 is 2.26 bits per heavy atom. The molecule has 1 aromatic heterocycles. The average molecular weight is 596 g/mol. The summed E-state index contributed by atoms with van der Waals surface area (Å²) in [6.45, 7) is 2.11. The van der Waals surface area contributed by atoms with E-state index in [1.54, 1.807) is 48.9 Å². The van der Waals surface area contributed by atoms with Gasteiger partial charge in [0.25, 0.3) is 0 Å². The summed E-state index contributed by atoms with van der Waals surface area (Å²) in [4.78, 5) is 25.2. The molecule has 4 rings (SSSR count). The number of carboxylic acid groups (broad SMARTS) is 1. The van der Waals surface area contributed by atoms with E-state index in [1.807, 2.05) is 22.9 Å². The van der Waals surface area contributed by atoms with Gasteiger partial charge in [0.1, 0.15) is 17.4 Å². The maximum absolute atomic E-state index is 10.6. The van der Waals surface area contributed by atoms with E-state index < -0.39 is 11.9 Å². The van der Waals surface area contributed by atoms with Crippen molar-refractivity contribution in [1.82, 2.24) is 9.55 Å². The second kappa shape index (κ2) is 14.2. The molecule has 0 saturated heterocycles. The zero-order valence-electron chi connectivity index (χ0n) is 20.0. The Balaban J connectivity index is 0.000000260. The van der Waals surface area contributed by atoms with Gasteiger partial charge in [-0.1, -0.05) is 70.7 Å². The van der Waals surface area contributed by atoms with Crippen LogP contribution in [0.1, 0.15) is 34.5 Å². The highest BCUT2D eigenvalue weighted by Gasteiger charge is 2.18. The number of nitrogens with zero attached hydrogens (tertiary/aromatic N) is 2. The number of benzene rings is 3. The minimum absolute atomic E-state index is 0.0160. The van der Waals surface area contributed by atoms with Crippen LogP contribution in [0.2, 0.25) is 20.1 Å². The van der Waals surface area contributed by atoms with E-state index in [9.17, 15) is 9.59 Å². The standard InChI is InChI=1S/C18H14Cl4N2O.C9H8O4/c19-13-2-1-12(16(21)7-13)10-25-18(9-24-6-5-23-11-24)15-4-3-14(20)8-17(15)22;1-6(10)13-8-5-3-2-4-7(8)9(11)12/h1-8,11,18H,9-10H2;2-5H,1H3,(H,11,12). The molecule has 0 radical (unpaired) electrons. The number of aromatic nitrogens is 2. The predicted octanol–water partition coefficient (Wildman–Crippen LogP) is 7.76. The van der Waals surface area contributed by atoms with Crippen LogP contribution in [0.5, 0.6) is 5.75 Å². The van der Waals surface area contributed by atoms with Gasteiger partial charge < -0.3 is 19.1 Å². The topological polar surface area (TPSA) is 90.7 Å². The molecule has 38 heavy (non-hydrogen) atoms. The summed E-state index contributed by atoms with van der Waals surface area (Å²) >= 11 is 24.5. The molecular weight excluding hydrogens is 574 g/mol. The maximum atomic E-state index is 10.6. The lowest BCUT2D eigenvalue weighted by Gasteiger charge is -2.21. The molecule has 0 fully saturated rings. The van der Waals surface area contributed by atoms with E-state index in [0.29, 0.717) is 33.2 Å². The highest BCUT2D eigenvalue weighted by molar-refractivity contribution is 6.35. The Morgan fingerprint density at radius 1 is 0.974 bits per heavy atom. The van der Waals surface area contributed by atoms with Gasteiger partial charge in [-0.05, 0) is 42.0 Å². The quantitative estimate of drug-likeness (QED) is 0.165. The summed E-state index contributed by atoms with van der Waals surface area (Å²) in [5, 5.41) is 11.0. The molecule has 0 spiro atoms. The van der Waals surface area contributed by atoms with Gasteiger partial charge in [0.2, 0.25) is 0 Å². The third-order valence-electron chi connectivity index (χ3n) is 5.07. The first kappa shape index (κ1) is 29.5. The molecule has 0 aliphatic heterocycles. The van der Waals surface area contributed by atoms with Crippen LogP contribution in [0.25, 0.3) is 0 Å². The van der Waals surface area contributed by atoms with Crippen LogP contribution in [-0.2, 0) is 22.7 Å². The Bertz CT molecular complexity index is 1400. The highest BCUT2D eigenvalue weighted by atomic mass is 35.5. The molecule has 1 atom stereocenters. The van der Waals surface area contributed by atoms with E-state index in [-0.39, 0.29) is 17.4 Å². The zero-order valence-corrected chi connectivity index (χ0v) is 23.0. The van der Waals surface area contributed by atoms with Crippen LogP contribution in [0.4, 0.5) is 0 Å². The van der Waals surface area contributed by atoms with Crippen molar-refractivity contribution in [3.05, 3.63) is 116 Å². The van der Waals surface area contributed by atoms with Crippen molar-refractivity contribution < 1.29 is 24.2 Å². The van der Waals surface area contributed by atoms with Crippen molar-refractivity contribution in [2.24, 2.45) is 0 Å². The number of carbonyl (C=O) groups excluding carboxylic acids is 1. The Labute approximate surface area is 239 Å². The molecule has 4 aromatic rings. The summed E-state index contributed by atoms with van der Waals surface area (Å²) in [7, 11) is 0. The smallest absolute Gasteiger partial charge is 0.339 e. The molecule has 1 heterocycles. The average Bonchev–Trinajstić information content (AvgIpc) is 3.36. The van der Waals surface area contributed by atoms with Gasteiger partial charge in [-0.25, -0.2) is 9.78 Å². The second-order valence-corrected chi connectivity index (χ2v) is 9.54. The normalized spacial score (nSPS) is 11.3. The summed E-state index contributed by atoms with van der Waals surface area (Å²) < 4.78 is 12.7. The third-order valence-corrected chi connectivity index (χ3v) is 6.22. The van der Waals surface area contributed by atoms with Crippen molar-refractivity contribution in [1.29, 1.82) is 0 Å². The lowest BCUT2D eigenvalue weighted by molar-refractivity contribution is -0.131. The first-order valence-corrected chi connectivity index (χ1v) is 12.6. The minimum Gasteiger partial charge on any atom is -0.478 e. The first-order valence-electron chi connectivity index (χ1n) is 11.1. The molecule has 3 aromatic carbocycles. The van der Waals surface area contributed by atoms with Gasteiger partial charge in [-0.15, -0.1) is 0 Å². The molecule has 1 unspecified atom stereocenters. The lowest BCUT2D eigenvalue weighted by Crippen LogP contribution is -2.12. The van der Waals surface area contributed by atoms with Gasteiger partial charge in [0.15, 0.2) is 0 Å². The molecule has 0 amide bonds. The van der Waals surface area contributed by atoms with Gasteiger partial charge in [-0.2, -0.15) is 0 Å². The number of esters is 1. The van der Waals surface area contributed by atoms with Crippen LogP contribution in [-0.4, -0.2) is 26.6 Å². The molecule has 11 heteroatoms. The summed E-state index contributed by atoms with van der Waals surface area (Å²) in [6, 6.07) is 16.7. The second-order valence-electron chi connectivity index (χ2n) is 7.86. The molecule has 198 valence electrons. The van der Waals surface area contributed by atoms with Gasteiger partial charge in [0, 0.05) is 45.0 Å². The fraction of sp³-hybridized carbons (Fsp3) is 0.148. The molecule has 1 N–H and O–H groups in total. The fourth-order valence-electron chi connectivity index (χ4n) is 3.31. The van der Waals surface area contributed by atoms with E-state index >= 15 is 0 Å². The SMILES string of the molecule is CC(=O)Oc1ccccc1C(=O)O.Clc1ccc(COC(Cn2ccnc2)c2ccc(Cl)cc2Cl)c(Cl)c1. The van der Waals surface area contributed by atoms with Crippen molar-refractivity contribution in [3.63, 3.8) is 0 Å². The van der Waals surface area contributed by atoms with Crippen LogP contribution >= 0.6 is 46.4 Å². The summed E-state index contributed by atoms with van der Waals surface area (Å²) in [5.74, 6) is -1.58. The van der Waals surface area contributed by atoms with E-state index in [4.69, 9.17) is 56.2 Å². The van der Waals surface area contributed by atoms with E-state index in [2.05, 4.69) is 9.72 Å². The first-order chi connectivity index (χ1) is 18.1. The van der Waals surface area contributed by atoms with Gasteiger partial charge in [-0.3, -0.25) is 4.79 Å². The van der Waals surface area contributed by atoms with E-state index in [1.165, 1.54) is 19.1 Å². The number of imidazole rings is 1. The van der Waals surface area contributed by atoms with E-state index in [0.717, 1.165) is 11.1 Å². The minimum atomic E-state index is -1.11. The molecule has 0 aliphatic carbocycles. The van der Waals surface area contributed by atoms with Crippen LogP contribution in [0, 0.1) is 0 Å². The van der Waals surface area contributed by atoms with Crippen molar-refractivity contribution in [3.8, 4) is 5.75 Å². The number of hydrogen-bond donors (Lipinski definition) is 1. The predicted molar refractivity (Wildman–Crippen MR) is 147 cm³/mol. The highest BCUT2D eigenvalue weighted by Crippen LogP contribution is 2.31. The number of aromatic carboxylic acids is 1. The number of ether oxygens (including phenoxy) is 2. The molecule has 7 nitrogen and oxygen atoms in total. The fourth-order valence-corrected chi connectivity index (χ4v) is 4.30. The Hall–Kier alpha value is -3.07. The maximum Gasteiger partial charge on any atom is 0.339 e. The van der Waals surface area contributed by atoms with Crippen molar-refractivity contribution >= 4 is 58.3 Å². The summed E-state index contributed by atoms with van der Waals surface area (Å²) in [5.41, 5.74) is 1.69. The lowest BCUT2D eigenvalue weighted by atomic mass is 10.1. The van der Waals surface area contributed by atoms with Crippen LogP contribution < -0.4 is 4.74 Å². The number of carbonyl (C=O) groups is 2. The number of para-hydroxylation sites is 1. The van der Waals surface area contributed by atoms with Gasteiger partial charge >= 0.3 is 11.9 Å². The van der Waals surface area contributed by atoms with Crippen LogP contribution in [0.15, 0.2) is 79.4 Å². The van der Waals surface area contributed by atoms with Gasteiger partial charge in [0.05, 0.1) is 19.5 Å². The number of rotatable bonds is 8.